The molecule has 3 nitrogen and oxygen atoms in total. The second kappa shape index (κ2) is 7.04. The number of ether oxygens (including phenoxy) is 1. The van der Waals surface area contributed by atoms with Gasteiger partial charge in [0.05, 0.1) is 12.6 Å². The van der Waals surface area contributed by atoms with Crippen LogP contribution in [-0.4, -0.2) is 13.2 Å². The van der Waals surface area contributed by atoms with Gasteiger partial charge in [0.15, 0.2) is 0 Å². The van der Waals surface area contributed by atoms with Crippen molar-refractivity contribution in [2.45, 2.75) is 13.0 Å². The Morgan fingerprint density at radius 2 is 1.63 bits per heavy atom. The molecule has 0 amide bonds. The van der Waals surface area contributed by atoms with Gasteiger partial charge in [0, 0.05) is 6.61 Å². The summed E-state index contributed by atoms with van der Waals surface area (Å²) >= 11 is 0. The van der Waals surface area contributed by atoms with Crippen molar-refractivity contribution in [2.24, 2.45) is 5.84 Å². The van der Waals surface area contributed by atoms with E-state index in [1.807, 2.05) is 25.1 Å². The number of benzene rings is 2. The largest absolute Gasteiger partial charge is 0.380 e. The molecule has 0 saturated heterocycles. The maximum Gasteiger partial charge on any atom is 0.0693 e. The van der Waals surface area contributed by atoms with Crippen LogP contribution in [0, 0.1) is 0 Å². The van der Waals surface area contributed by atoms with Gasteiger partial charge in [0.25, 0.3) is 0 Å². The van der Waals surface area contributed by atoms with Crippen LogP contribution in [0.4, 0.5) is 0 Å². The summed E-state index contributed by atoms with van der Waals surface area (Å²) in [5.74, 6) is 5.56. The molecule has 1 unspecified atom stereocenters. The Balaban J connectivity index is 2.13. The average Bonchev–Trinajstić information content (AvgIpc) is 2.49. The molecule has 0 spiro atoms. The standard InChI is InChI=1S/C16H20N2O/c1-2-19-12-16(18-17)15-10-8-14(9-11-15)13-6-4-3-5-7-13/h3-11,16,18H,2,12,17H2,1H3. The monoisotopic (exact) mass is 256 g/mol. The summed E-state index contributed by atoms with van der Waals surface area (Å²) in [6, 6.07) is 18.8. The normalized spacial score (nSPS) is 12.3. The number of hydrogen-bond acceptors (Lipinski definition) is 3. The van der Waals surface area contributed by atoms with Crippen molar-refractivity contribution in [3.05, 3.63) is 60.2 Å². The van der Waals surface area contributed by atoms with E-state index in [0.717, 1.165) is 5.56 Å². The lowest BCUT2D eigenvalue weighted by Crippen LogP contribution is -2.31. The third-order valence-corrected chi connectivity index (χ3v) is 3.11. The van der Waals surface area contributed by atoms with E-state index in [9.17, 15) is 0 Å². The summed E-state index contributed by atoms with van der Waals surface area (Å²) in [4.78, 5) is 0. The van der Waals surface area contributed by atoms with Crippen LogP contribution in [0.2, 0.25) is 0 Å². The first-order chi connectivity index (χ1) is 9.35. The van der Waals surface area contributed by atoms with Crippen molar-refractivity contribution < 1.29 is 4.74 Å². The topological polar surface area (TPSA) is 47.3 Å². The molecule has 0 aliphatic rings. The molecule has 0 fully saturated rings. The zero-order valence-electron chi connectivity index (χ0n) is 11.2. The number of hydrazine groups is 1. The summed E-state index contributed by atoms with van der Waals surface area (Å²) < 4.78 is 5.41. The van der Waals surface area contributed by atoms with E-state index in [1.165, 1.54) is 11.1 Å². The minimum absolute atomic E-state index is 0.0322. The highest BCUT2D eigenvalue weighted by atomic mass is 16.5. The van der Waals surface area contributed by atoms with Crippen LogP contribution < -0.4 is 11.3 Å². The molecule has 2 aromatic carbocycles. The quantitative estimate of drug-likeness (QED) is 0.617. The smallest absolute Gasteiger partial charge is 0.0693 e. The molecule has 1 atom stereocenters. The Labute approximate surface area is 114 Å². The van der Waals surface area contributed by atoms with E-state index in [1.54, 1.807) is 0 Å². The molecule has 2 aromatic rings. The lowest BCUT2D eigenvalue weighted by molar-refractivity contribution is 0.123. The first-order valence-corrected chi connectivity index (χ1v) is 6.54. The lowest BCUT2D eigenvalue weighted by Gasteiger charge is -2.16. The highest BCUT2D eigenvalue weighted by Gasteiger charge is 2.09. The van der Waals surface area contributed by atoms with Crippen molar-refractivity contribution >= 4 is 0 Å². The van der Waals surface area contributed by atoms with E-state index in [4.69, 9.17) is 10.6 Å². The van der Waals surface area contributed by atoms with E-state index in [-0.39, 0.29) is 6.04 Å². The van der Waals surface area contributed by atoms with E-state index < -0.39 is 0 Å². The van der Waals surface area contributed by atoms with Gasteiger partial charge in [0.2, 0.25) is 0 Å². The Kier molecular flexibility index (Phi) is 5.10. The summed E-state index contributed by atoms with van der Waals surface area (Å²) in [5, 5.41) is 0. The van der Waals surface area contributed by atoms with Crippen molar-refractivity contribution in [3.63, 3.8) is 0 Å². The molecular formula is C16H20N2O. The van der Waals surface area contributed by atoms with Crippen molar-refractivity contribution in [1.29, 1.82) is 0 Å². The summed E-state index contributed by atoms with van der Waals surface area (Å²) in [5.41, 5.74) is 6.35. The summed E-state index contributed by atoms with van der Waals surface area (Å²) in [6.07, 6.45) is 0. The van der Waals surface area contributed by atoms with Gasteiger partial charge in [-0.2, -0.15) is 0 Å². The van der Waals surface area contributed by atoms with Crippen LogP contribution >= 0.6 is 0 Å². The fourth-order valence-corrected chi connectivity index (χ4v) is 2.01. The first kappa shape index (κ1) is 13.7. The highest BCUT2D eigenvalue weighted by molar-refractivity contribution is 5.63. The maximum atomic E-state index is 5.56. The predicted molar refractivity (Wildman–Crippen MR) is 78.4 cm³/mol. The number of nitrogens with one attached hydrogen (secondary N) is 1. The molecule has 3 heteroatoms. The van der Waals surface area contributed by atoms with Crippen LogP contribution in [0.3, 0.4) is 0 Å². The molecule has 0 bridgehead atoms. The Bertz CT molecular complexity index is 482. The molecule has 0 aliphatic heterocycles. The first-order valence-electron chi connectivity index (χ1n) is 6.54. The summed E-state index contributed by atoms with van der Waals surface area (Å²) in [6.45, 7) is 3.25. The van der Waals surface area contributed by atoms with Crippen LogP contribution in [0.25, 0.3) is 11.1 Å². The molecule has 19 heavy (non-hydrogen) atoms. The number of rotatable bonds is 6. The van der Waals surface area contributed by atoms with Gasteiger partial charge < -0.3 is 4.74 Å². The number of hydrogen-bond donors (Lipinski definition) is 2. The third kappa shape index (κ3) is 3.64. The Hall–Kier alpha value is -1.68. The van der Waals surface area contributed by atoms with Crippen LogP contribution in [-0.2, 0) is 4.74 Å². The van der Waals surface area contributed by atoms with Gasteiger partial charge in [-0.25, -0.2) is 0 Å². The molecule has 3 N–H and O–H groups in total. The van der Waals surface area contributed by atoms with E-state index >= 15 is 0 Å². The van der Waals surface area contributed by atoms with Crippen molar-refractivity contribution in [1.82, 2.24) is 5.43 Å². The van der Waals surface area contributed by atoms with Gasteiger partial charge >= 0.3 is 0 Å². The molecule has 0 aliphatic carbocycles. The minimum Gasteiger partial charge on any atom is -0.380 e. The molecule has 2 rings (SSSR count). The SMILES string of the molecule is CCOCC(NN)c1ccc(-c2ccccc2)cc1. The average molecular weight is 256 g/mol. The molecule has 0 radical (unpaired) electrons. The van der Waals surface area contributed by atoms with Gasteiger partial charge in [0.1, 0.15) is 0 Å². The van der Waals surface area contributed by atoms with Crippen LogP contribution in [0.1, 0.15) is 18.5 Å². The Morgan fingerprint density at radius 3 is 2.21 bits per heavy atom. The molecular weight excluding hydrogens is 236 g/mol. The van der Waals surface area contributed by atoms with Crippen molar-refractivity contribution in [2.75, 3.05) is 13.2 Å². The van der Waals surface area contributed by atoms with E-state index in [0.29, 0.717) is 13.2 Å². The highest BCUT2D eigenvalue weighted by Crippen LogP contribution is 2.21. The third-order valence-electron chi connectivity index (χ3n) is 3.11. The van der Waals surface area contributed by atoms with Gasteiger partial charge in [-0.05, 0) is 23.6 Å². The maximum absolute atomic E-state index is 5.56. The second-order valence-electron chi connectivity index (χ2n) is 4.37. The fourth-order valence-electron chi connectivity index (χ4n) is 2.01. The van der Waals surface area contributed by atoms with Crippen LogP contribution in [0.15, 0.2) is 54.6 Å². The second-order valence-corrected chi connectivity index (χ2v) is 4.37. The zero-order chi connectivity index (χ0) is 13.5. The summed E-state index contributed by atoms with van der Waals surface area (Å²) in [7, 11) is 0. The fraction of sp³-hybridized carbons (Fsp3) is 0.250. The van der Waals surface area contributed by atoms with Gasteiger partial charge in [-0.15, -0.1) is 0 Å². The zero-order valence-corrected chi connectivity index (χ0v) is 11.2. The molecule has 0 saturated carbocycles. The van der Waals surface area contributed by atoms with Gasteiger partial charge in [-0.1, -0.05) is 54.6 Å². The van der Waals surface area contributed by atoms with Crippen molar-refractivity contribution in [3.8, 4) is 11.1 Å². The van der Waals surface area contributed by atoms with Crippen LogP contribution in [0.5, 0.6) is 0 Å². The van der Waals surface area contributed by atoms with Gasteiger partial charge in [-0.3, -0.25) is 11.3 Å². The van der Waals surface area contributed by atoms with E-state index in [2.05, 4.69) is 41.8 Å². The predicted octanol–water partition coefficient (Wildman–Crippen LogP) is 2.89. The molecule has 0 aromatic heterocycles. The Morgan fingerprint density at radius 1 is 1.00 bits per heavy atom. The molecule has 0 heterocycles. The number of nitrogens with two attached hydrogens (primary N) is 1. The molecule has 100 valence electrons. The lowest BCUT2D eigenvalue weighted by atomic mass is 10.0. The minimum atomic E-state index is 0.0322.